The molecule has 0 aromatic heterocycles. The van der Waals surface area contributed by atoms with Crippen LogP contribution in [-0.4, -0.2) is 96.7 Å². The van der Waals surface area contributed by atoms with Gasteiger partial charge in [-0.2, -0.15) is 0 Å². The molecular formula is C74H144O17P2. The van der Waals surface area contributed by atoms with E-state index in [4.69, 9.17) is 37.0 Å². The Hall–Kier alpha value is -1.94. The minimum absolute atomic E-state index is 0.105. The number of hydrogen-bond acceptors (Lipinski definition) is 15. The first kappa shape index (κ1) is 91.1. The predicted molar refractivity (Wildman–Crippen MR) is 377 cm³/mol. The maximum Gasteiger partial charge on any atom is 0.472 e. The highest BCUT2D eigenvalue weighted by Crippen LogP contribution is 2.45. The number of rotatable bonds is 72. The zero-order valence-electron chi connectivity index (χ0n) is 60.7. The molecule has 93 heavy (non-hydrogen) atoms. The summed E-state index contributed by atoms with van der Waals surface area (Å²) in [4.78, 5) is 72.7. The van der Waals surface area contributed by atoms with Crippen molar-refractivity contribution in [3.05, 3.63) is 0 Å². The van der Waals surface area contributed by atoms with Gasteiger partial charge in [0.25, 0.3) is 0 Å². The second kappa shape index (κ2) is 64.7. The summed E-state index contributed by atoms with van der Waals surface area (Å²) >= 11 is 0. The summed E-state index contributed by atoms with van der Waals surface area (Å²) in [5.74, 6) is 0.166. The summed E-state index contributed by atoms with van der Waals surface area (Å²) in [6.07, 6.45) is 49.9. The van der Waals surface area contributed by atoms with Gasteiger partial charge in [-0.3, -0.25) is 37.3 Å². The zero-order chi connectivity index (χ0) is 68.7. The quantitative estimate of drug-likeness (QED) is 0.0222. The molecule has 0 saturated heterocycles. The molecule has 0 aliphatic heterocycles. The molecule has 0 bridgehead atoms. The Morgan fingerprint density at radius 3 is 0.731 bits per heavy atom. The molecule has 0 aliphatic carbocycles. The second-order valence-electron chi connectivity index (χ2n) is 28.1. The van der Waals surface area contributed by atoms with Crippen LogP contribution in [0.1, 0.15) is 376 Å². The Labute approximate surface area is 568 Å². The highest BCUT2D eigenvalue weighted by atomic mass is 31.2. The van der Waals surface area contributed by atoms with Gasteiger partial charge in [-0.25, -0.2) is 9.13 Å². The average Bonchev–Trinajstić information content (AvgIpc) is 3.08. The summed E-state index contributed by atoms with van der Waals surface area (Å²) in [5, 5.41) is 10.6. The van der Waals surface area contributed by atoms with Gasteiger partial charge in [-0.1, -0.05) is 325 Å². The summed E-state index contributed by atoms with van der Waals surface area (Å²) < 4.78 is 68.4. The normalized spacial score (nSPS) is 14.1. The van der Waals surface area contributed by atoms with Crippen LogP contribution in [-0.2, 0) is 65.4 Å². The molecule has 0 fully saturated rings. The second-order valence-corrected chi connectivity index (χ2v) is 31.0. The maximum absolute atomic E-state index is 13.1. The first-order valence-corrected chi connectivity index (χ1v) is 41.3. The Balaban J connectivity index is 5.25. The van der Waals surface area contributed by atoms with Crippen LogP contribution >= 0.6 is 15.6 Å². The third-order valence-electron chi connectivity index (χ3n) is 17.1. The summed E-state index contributed by atoms with van der Waals surface area (Å²) in [5.41, 5.74) is 0. The Morgan fingerprint density at radius 1 is 0.290 bits per heavy atom. The van der Waals surface area contributed by atoms with Crippen molar-refractivity contribution in [2.45, 2.75) is 394 Å². The van der Waals surface area contributed by atoms with Gasteiger partial charge in [-0.15, -0.1) is 0 Å². The molecule has 0 rings (SSSR count). The van der Waals surface area contributed by atoms with E-state index >= 15 is 0 Å². The number of phosphoric ester groups is 2. The van der Waals surface area contributed by atoms with Crippen molar-refractivity contribution in [3.63, 3.8) is 0 Å². The van der Waals surface area contributed by atoms with Crippen LogP contribution in [0.25, 0.3) is 0 Å². The fourth-order valence-electron chi connectivity index (χ4n) is 11.2. The van der Waals surface area contributed by atoms with E-state index in [1.54, 1.807) is 0 Å². The molecule has 0 amide bonds. The minimum atomic E-state index is -4.96. The van der Waals surface area contributed by atoms with Gasteiger partial charge < -0.3 is 33.8 Å². The van der Waals surface area contributed by atoms with E-state index in [1.807, 2.05) is 0 Å². The molecule has 0 saturated carbocycles. The highest BCUT2D eigenvalue weighted by molar-refractivity contribution is 7.47. The van der Waals surface area contributed by atoms with Crippen LogP contribution in [0.3, 0.4) is 0 Å². The van der Waals surface area contributed by atoms with Gasteiger partial charge in [0.05, 0.1) is 26.4 Å². The fourth-order valence-corrected chi connectivity index (χ4v) is 12.8. The van der Waals surface area contributed by atoms with E-state index in [2.05, 4.69) is 48.5 Å². The molecule has 0 aromatic rings. The molecule has 5 atom stereocenters. The largest absolute Gasteiger partial charge is 0.472 e. The number of hydrogen-bond donors (Lipinski definition) is 3. The molecule has 17 nitrogen and oxygen atoms in total. The van der Waals surface area contributed by atoms with Gasteiger partial charge in [0, 0.05) is 25.7 Å². The number of aliphatic hydroxyl groups is 1. The van der Waals surface area contributed by atoms with Crippen molar-refractivity contribution < 1.29 is 80.2 Å². The average molecular weight is 1370 g/mol. The number of phosphoric acid groups is 2. The third kappa shape index (κ3) is 68.4. The molecule has 19 heteroatoms. The molecular weight excluding hydrogens is 1220 g/mol. The van der Waals surface area contributed by atoms with Crippen molar-refractivity contribution >= 4 is 39.5 Å². The minimum Gasteiger partial charge on any atom is -0.462 e. The van der Waals surface area contributed by atoms with Crippen LogP contribution in [0.5, 0.6) is 0 Å². The molecule has 0 radical (unpaired) electrons. The summed E-state index contributed by atoms with van der Waals surface area (Å²) in [7, 11) is -9.91. The standard InChI is InChI=1S/C74H144O17P2/c1-8-9-10-11-12-13-19-26-34-41-48-55-71(76)84-62-70(91-74(79)58-51-44-37-30-29-33-40-47-54-67(6)7)64-89-93(82,83)87-60-68(75)59-86-92(80,81)88-63-69(61-85-72(77)56-49-42-35-27-22-18-17-21-25-32-39-46-53-66(4)5)90-73(78)57-50-43-36-28-23-16-14-15-20-24-31-38-45-52-65(2)3/h65-70,75H,8-64H2,1-7H3,(H,80,81)(H,82,83)/t68-,69-,70-/m1/s1. The SMILES string of the molecule is CCCCCCCCCCCCCC(=O)OC[C@H](COP(=O)(O)OC[C@H](O)COP(=O)(O)OC[C@@H](COC(=O)CCCCCCCCCCCCCCC(C)C)OC(=O)CCCCCCCCCCCCCCCC(C)C)OC(=O)CCCCCCCCCCC(C)C. The molecule has 0 aromatic carbocycles. The Bertz CT molecular complexity index is 1820. The van der Waals surface area contributed by atoms with Crippen molar-refractivity contribution in [1.82, 2.24) is 0 Å². The predicted octanol–water partition coefficient (Wildman–Crippen LogP) is 21.4. The number of carbonyl (C=O) groups is 4. The molecule has 0 spiro atoms. The molecule has 2 unspecified atom stereocenters. The van der Waals surface area contributed by atoms with Gasteiger partial charge in [0.15, 0.2) is 12.2 Å². The number of unbranched alkanes of at least 4 members (excludes halogenated alkanes) is 40. The van der Waals surface area contributed by atoms with E-state index in [9.17, 15) is 43.2 Å². The number of esters is 4. The lowest BCUT2D eigenvalue weighted by Gasteiger charge is -2.21. The number of carbonyl (C=O) groups excluding carboxylic acids is 4. The Morgan fingerprint density at radius 2 is 0.495 bits per heavy atom. The van der Waals surface area contributed by atoms with Crippen molar-refractivity contribution in [1.29, 1.82) is 0 Å². The fraction of sp³-hybridized carbons (Fsp3) is 0.946. The molecule has 0 heterocycles. The van der Waals surface area contributed by atoms with E-state index in [-0.39, 0.29) is 25.7 Å². The number of ether oxygens (including phenoxy) is 4. The van der Waals surface area contributed by atoms with E-state index in [0.29, 0.717) is 25.7 Å². The lowest BCUT2D eigenvalue weighted by Crippen LogP contribution is -2.30. The van der Waals surface area contributed by atoms with Crippen molar-refractivity contribution in [2.75, 3.05) is 39.6 Å². The lowest BCUT2D eigenvalue weighted by molar-refractivity contribution is -0.161. The third-order valence-corrected chi connectivity index (χ3v) is 19.0. The lowest BCUT2D eigenvalue weighted by atomic mass is 10.0. The first-order valence-electron chi connectivity index (χ1n) is 38.3. The van der Waals surface area contributed by atoms with Crippen LogP contribution in [0, 0.1) is 17.8 Å². The van der Waals surface area contributed by atoms with Crippen LogP contribution in [0.15, 0.2) is 0 Å². The van der Waals surface area contributed by atoms with Crippen LogP contribution in [0.4, 0.5) is 0 Å². The molecule has 3 N–H and O–H groups in total. The van der Waals surface area contributed by atoms with Crippen LogP contribution in [0.2, 0.25) is 0 Å². The Kier molecular flexibility index (Phi) is 63.4. The van der Waals surface area contributed by atoms with Crippen molar-refractivity contribution in [3.8, 4) is 0 Å². The molecule has 0 aliphatic rings. The first-order chi connectivity index (χ1) is 44.7. The van der Waals surface area contributed by atoms with Gasteiger partial charge in [-0.05, 0) is 43.4 Å². The van der Waals surface area contributed by atoms with E-state index < -0.39 is 97.5 Å². The highest BCUT2D eigenvalue weighted by Gasteiger charge is 2.30. The topological polar surface area (TPSA) is 237 Å². The van der Waals surface area contributed by atoms with Crippen molar-refractivity contribution in [2.24, 2.45) is 17.8 Å². The van der Waals surface area contributed by atoms with Crippen LogP contribution < -0.4 is 0 Å². The van der Waals surface area contributed by atoms with Gasteiger partial charge in [0.2, 0.25) is 0 Å². The van der Waals surface area contributed by atoms with Gasteiger partial charge >= 0.3 is 39.5 Å². The zero-order valence-corrected chi connectivity index (χ0v) is 62.5. The summed E-state index contributed by atoms with van der Waals surface area (Å²) in [6.45, 7) is 11.9. The smallest absolute Gasteiger partial charge is 0.462 e. The monoisotopic (exact) mass is 1370 g/mol. The van der Waals surface area contributed by atoms with E-state index in [1.165, 1.54) is 186 Å². The number of aliphatic hydroxyl groups excluding tert-OH is 1. The maximum atomic E-state index is 13.1. The summed E-state index contributed by atoms with van der Waals surface area (Å²) in [6, 6.07) is 0. The molecule has 552 valence electrons. The van der Waals surface area contributed by atoms with Gasteiger partial charge in [0.1, 0.15) is 19.3 Å². The van der Waals surface area contributed by atoms with E-state index in [0.717, 1.165) is 108 Å².